The van der Waals surface area contributed by atoms with Gasteiger partial charge in [0.05, 0.1) is 11.4 Å². The predicted molar refractivity (Wildman–Crippen MR) is 80.1 cm³/mol. The van der Waals surface area contributed by atoms with Gasteiger partial charge in [-0.2, -0.15) is 0 Å². The molecule has 20 heavy (non-hydrogen) atoms. The fraction of sp³-hybridized carbons (Fsp3) is 0.467. The molecule has 1 saturated heterocycles. The smallest absolute Gasteiger partial charge is 0.235 e. The van der Waals surface area contributed by atoms with Gasteiger partial charge in [-0.25, -0.2) is 8.42 Å². The average molecular weight is 293 g/mol. The van der Waals surface area contributed by atoms with Gasteiger partial charge in [-0.1, -0.05) is 25.7 Å². The molecule has 1 atom stereocenters. The number of nitrogens with zero attached hydrogens (tertiary/aromatic N) is 1. The second-order valence-electron chi connectivity index (χ2n) is 5.07. The molecule has 2 rings (SSSR count). The summed E-state index contributed by atoms with van der Waals surface area (Å²) in [4.78, 5) is 0. The number of hydrogen-bond acceptors (Lipinski definition) is 3. The monoisotopic (exact) mass is 293 g/mol. The van der Waals surface area contributed by atoms with Crippen LogP contribution in [0.2, 0.25) is 0 Å². The Morgan fingerprint density at radius 2 is 2.20 bits per heavy atom. The Kier molecular flexibility index (Phi) is 4.36. The summed E-state index contributed by atoms with van der Waals surface area (Å²) in [6.45, 7) is 4.30. The standard InChI is InChI=1S/C15H19NO3S/c1-3-14-9-13(5-4-8-17)6-7-15(14)16-10-12(2)11-20(16,18)19/h6-7,9,12,17H,3,8,10-11H2,1-2H3. The maximum absolute atomic E-state index is 12.2. The summed E-state index contributed by atoms with van der Waals surface area (Å²) in [5, 5.41) is 8.72. The lowest BCUT2D eigenvalue weighted by Crippen LogP contribution is -2.26. The van der Waals surface area contributed by atoms with E-state index in [1.54, 1.807) is 6.07 Å². The van der Waals surface area contributed by atoms with E-state index in [2.05, 4.69) is 11.8 Å². The summed E-state index contributed by atoms with van der Waals surface area (Å²) in [7, 11) is -3.19. The second kappa shape index (κ2) is 5.86. The molecule has 0 amide bonds. The van der Waals surface area contributed by atoms with Gasteiger partial charge in [-0.3, -0.25) is 4.31 Å². The van der Waals surface area contributed by atoms with Gasteiger partial charge in [0.1, 0.15) is 6.61 Å². The summed E-state index contributed by atoms with van der Waals surface area (Å²) >= 11 is 0. The molecule has 0 aromatic heterocycles. The van der Waals surface area contributed by atoms with Gasteiger partial charge in [-0.05, 0) is 36.1 Å². The Morgan fingerprint density at radius 1 is 1.45 bits per heavy atom. The Hall–Kier alpha value is -1.51. The molecule has 0 aliphatic carbocycles. The van der Waals surface area contributed by atoms with Crippen LogP contribution in [0.4, 0.5) is 5.69 Å². The fourth-order valence-electron chi connectivity index (χ4n) is 2.48. The molecule has 4 nitrogen and oxygen atoms in total. The molecular weight excluding hydrogens is 274 g/mol. The van der Waals surface area contributed by atoms with Crippen LogP contribution in [0.15, 0.2) is 18.2 Å². The number of hydrogen-bond donors (Lipinski definition) is 1. The molecule has 0 spiro atoms. The summed E-state index contributed by atoms with van der Waals surface area (Å²) in [6.07, 6.45) is 0.740. The third-order valence-electron chi connectivity index (χ3n) is 3.35. The molecule has 1 aromatic rings. The number of aliphatic hydroxyl groups excluding tert-OH is 1. The Morgan fingerprint density at radius 3 is 2.75 bits per heavy atom. The van der Waals surface area contributed by atoms with Crippen molar-refractivity contribution >= 4 is 15.7 Å². The lowest BCUT2D eigenvalue weighted by Gasteiger charge is -2.20. The van der Waals surface area contributed by atoms with E-state index in [1.165, 1.54) is 4.31 Å². The average Bonchev–Trinajstić information content (AvgIpc) is 2.68. The van der Waals surface area contributed by atoms with E-state index in [-0.39, 0.29) is 18.3 Å². The zero-order valence-electron chi connectivity index (χ0n) is 11.8. The highest BCUT2D eigenvalue weighted by atomic mass is 32.2. The highest BCUT2D eigenvalue weighted by molar-refractivity contribution is 7.93. The molecule has 0 saturated carbocycles. The normalized spacial score (nSPS) is 20.6. The molecular formula is C15H19NO3S. The summed E-state index contributed by atoms with van der Waals surface area (Å²) < 4.78 is 25.8. The molecule has 108 valence electrons. The highest BCUT2D eigenvalue weighted by Crippen LogP contribution is 2.30. The van der Waals surface area contributed by atoms with E-state index in [0.29, 0.717) is 6.54 Å². The van der Waals surface area contributed by atoms with Gasteiger partial charge >= 0.3 is 0 Å². The lowest BCUT2D eigenvalue weighted by atomic mass is 10.1. The van der Waals surface area contributed by atoms with Gasteiger partial charge in [0.25, 0.3) is 0 Å². The first-order chi connectivity index (χ1) is 9.47. The first-order valence-corrected chi connectivity index (χ1v) is 8.32. The van der Waals surface area contributed by atoms with E-state index in [0.717, 1.165) is 23.2 Å². The van der Waals surface area contributed by atoms with Crippen LogP contribution in [0.1, 0.15) is 25.0 Å². The Labute approximate surface area is 120 Å². The Balaban J connectivity index is 2.42. The summed E-state index contributed by atoms with van der Waals surface area (Å²) in [6, 6.07) is 5.52. The van der Waals surface area contributed by atoms with Crippen molar-refractivity contribution in [2.75, 3.05) is 23.2 Å². The third kappa shape index (κ3) is 2.97. The van der Waals surface area contributed by atoms with Crippen LogP contribution in [-0.4, -0.2) is 32.4 Å². The van der Waals surface area contributed by atoms with Crippen LogP contribution in [0.25, 0.3) is 0 Å². The lowest BCUT2D eigenvalue weighted by molar-refractivity contribution is 0.350. The van der Waals surface area contributed by atoms with Gasteiger partial charge in [0, 0.05) is 12.1 Å². The largest absolute Gasteiger partial charge is 0.384 e. The van der Waals surface area contributed by atoms with E-state index < -0.39 is 10.0 Å². The third-order valence-corrected chi connectivity index (χ3v) is 5.36. The highest BCUT2D eigenvalue weighted by Gasteiger charge is 2.34. The Bertz CT molecular complexity index is 655. The minimum absolute atomic E-state index is 0.151. The summed E-state index contributed by atoms with van der Waals surface area (Å²) in [5.41, 5.74) is 2.52. The van der Waals surface area contributed by atoms with E-state index in [9.17, 15) is 8.42 Å². The van der Waals surface area contributed by atoms with Crippen molar-refractivity contribution in [3.63, 3.8) is 0 Å². The van der Waals surface area contributed by atoms with Crippen LogP contribution in [-0.2, 0) is 16.4 Å². The maximum Gasteiger partial charge on any atom is 0.235 e. The number of rotatable bonds is 2. The molecule has 1 N–H and O–H groups in total. The van der Waals surface area contributed by atoms with Crippen LogP contribution >= 0.6 is 0 Å². The summed E-state index contributed by atoms with van der Waals surface area (Å²) in [5.74, 6) is 5.81. The van der Waals surface area contributed by atoms with Crippen LogP contribution < -0.4 is 4.31 Å². The molecule has 1 unspecified atom stereocenters. The quantitative estimate of drug-likeness (QED) is 0.838. The van der Waals surface area contributed by atoms with Gasteiger partial charge in [0.2, 0.25) is 10.0 Å². The van der Waals surface area contributed by atoms with E-state index in [1.807, 2.05) is 26.0 Å². The van der Waals surface area contributed by atoms with Crippen molar-refractivity contribution < 1.29 is 13.5 Å². The second-order valence-corrected chi connectivity index (χ2v) is 7.01. The van der Waals surface area contributed by atoms with Crippen molar-refractivity contribution in [1.82, 2.24) is 0 Å². The molecule has 1 aliphatic heterocycles. The predicted octanol–water partition coefficient (Wildman–Crippen LogP) is 1.38. The SMILES string of the molecule is CCc1cc(C#CCO)ccc1N1CC(C)CS1(=O)=O. The molecule has 0 bridgehead atoms. The maximum atomic E-state index is 12.2. The fourth-order valence-corrected chi connectivity index (χ4v) is 4.44. The van der Waals surface area contributed by atoms with Crippen molar-refractivity contribution in [2.45, 2.75) is 20.3 Å². The minimum Gasteiger partial charge on any atom is -0.384 e. The number of sulfonamides is 1. The van der Waals surface area contributed by atoms with Crippen molar-refractivity contribution in [3.05, 3.63) is 29.3 Å². The first kappa shape index (κ1) is 14.9. The first-order valence-electron chi connectivity index (χ1n) is 6.71. The number of aryl methyl sites for hydroxylation is 1. The van der Waals surface area contributed by atoms with Crippen molar-refractivity contribution in [2.24, 2.45) is 5.92 Å². The molecule has 1 heterocycles. The van der Waals surface area contributed by atoms with E-state index >= 15 is 0 Å². The van der Waals surface area contributed by atoms with Crippen molar-refractivity contribution in [3.8, 4) is 11.8 Å². The molecule has 5 heteroatoms. The molecule has 1 aliphatic rings. The number of benzene rings is 1. The molecule has 0 radical (unpaired) electrons. The minimum atomic E-state index is -3.19. The number of aliphatic hydroxyl groups is 1. The topological polar surface area (TPSA) is 57.6 Å². The number of anilines is 1. The van der Waals surface area contributed by atoms with Gasteiger partial charge in [-0.15, -0.1) is 0 Å². The van der Waals surface area contributed by atoms with E-state index in [4.69, 9.17) is 5.11 Å². The molecule has 1 aromatic carbocycles. The van der Waals surface area contributed by atoms with Crippen LogP contribution in [0.5, 0.6) is 0 Å². The zero-order valence-corrected chi connectivity index (χ0v) is 12.6. The van der Waals surface area contributed by atoms with Crippen LogP contribution in [0, 0.1) is 17.8 Å². The van der Waals surface area contributed by atoms with Gasteiger partial charge in [0.15, 0.2) is 0 Å². The van der Waals surface area contributed by atoms with Crippen LogP contribution in [0.3, 0.4) is 0 Å². The van der Waals surface area contributed by atoms with Gasteiger partial charge < -0.3 is 5.11 Å². The van der Waals surface area contributed by atoms with Crippen molar-refractivity contribution in [1.29, 1.82) is 0 Å². The zero-order chi connectivity index (χ0) is 14.8. The molecule has 1 fully saturated rings.